The highest BCUT2D eigenvalue weighted by atomic mass is 35.5. The first kappa shape index (κ1) is 21.0. The van der Waals surface area contributed by atoms with Gasteiger partial charge in [0.05, 0.1) is 0 Å². The normalized spacial score (nSPS) is 9.73. The second kappa shape index (κ2) is 9.43. The molecular formula is C18H21ClN4O3. The number of halogens is 1. The number of nitrogen functional groups attached to an aromatic ring is 1. The van der Waals surface area contributed by atoms with E-state index in [1.54, 1.807) is 30.3 Å². The maximum atomic E-state index is 12.2. The Morgan fingerprint density at radius 3 is 2.46 bits per heavy atom. The molecular weight excluding hydrogens is 356 g/mol. The fraction of sp³-hybridized carbons (Fsp3) is 0.167. The second-order valence-corrected chi connectivity index (χ2v) is 5.54. The van der Waals surface area contributed by atoms with Gasteiger partial charge in [-0.1, -0.05) is 29.8 Å². The van der Waals surface area contributed by atoms with Crippen LogP contribution in [-0.2, 0) is 11.3 Å². The van der Waals surface area contributed by atoms with E-state index in [0.717, 1.165) is 5.56 Å². The second-order valence-electron chi connectivity index (χ2n) is 5.54. The molecule has 6 N–H and O–H groups in total. The van der Waals surface area contributed by atoms with E-state index in [0.29, 0.717) is 22.4 Å². The van der Waals surface area contributed by atoms with Gasteiger partial charge in [-0.2, -0.15) is 0 Å². The van der Waals surface area contributed by atoms with Crippen molar-refractivity contribution in [1.29, 1.82) is 5.41 Å². The molecule has 0 saturated carbocycles. The first-order valence-corrected chi connectivity index (χ1v) is 7.60. The summed E-state index contributed by atoms with van der Waals surface area (Å²) in [5.74, 6) is -0.626. The Balaban J connectivity index is 0.00000338. The molecule has 26 heavy (non-hydrogen) atoms. The third-order valence-corrected chi connectivity index (χ3v) is 3.47. The van der Waals surface area contributed by atoms with E-state index in [2.05, 4.69) is 5.32 Å². The zero-order chi connectivity index (χ0) is 18.4. The van der Waals surface area contributed by atoms with Crippen LogP contribution in [0.4, 0.5) is 0 Å². The lowest BCUT2D eigenvalue weighted by Gasteiger charge is -2.13. The van der Waals surface area contributed by atoms with Crippen LogP contribution < -0.4 is 21.5 Å². The van der Waals surface area contributed by atoms with Crippen molar-refractivity contribution >= 4 is 30.1 Å². The molecule has 0 aromatic heterocycles. The number of carbonyl (C=O) groups is 2. The predicted molar refractivity (Wildman–Crippen MR) is 102 cm³/mol. The molecule has 0 heterocycles. The molecule has 2 amide bonds. The summed E-state index contributed by atoms with van der Waals surface area (Å²) in [4.78, 5) is 23.2. The average molecular weight is 377 g/mol. The summed E-state index contributed by atoms with van der Waals surface area (Å²) in [5, 5.41) is 10.3. The number of amidine groups is 1. The molecule has 0 spiro atoms. The zero-order valence-corrected chi connectivity index (χ0v) is 15.1. The van der Waals surface area contributed by atoms with Gasteiger partial charge in [-0.25, -0.2) is 0 Å². The molecule has 0 unspecified atom stereocenters. The number of carbonyl (C=O) groups excluding carboxylic acids is 2. The minimum absolute atomic E-state index is 0. The lowest BCUT2D eigenvalue weighted by molar-refractivity contribution is -0.119. The fourth-order valence-electron chi connectivity index (χ4n) is 2.22. The number of rotatable bonds is 7. The average Bonchev–Trinajstić information content (AvgIpc) is 2.57. The lowest BCUT2D eigenvalue weighted by Crippen LogP contribution is -2.24. The summed E-state index contributed by atoms with van der Waals surface area (Å²) in [7, 11) is 0. The van der Waals surface area contributed by atoms with Crippen LogP contribution in [0.5, 0.6) is 5.75 Å². The number of amides is 2. The molecule has 0 fully saturated rings. The third kappa shape index (κ3) is 5.78. The van der Waals surface area contributed by atoms with Crippen LogP contribution >= 0.6 is 12.4 Å². The molecule has 8 heteroatoms. The topological polar surface area (TPSA) is 131 Å². The number of benzene rings is 2. The van der Waals surface area contributed by atoms with Gasteiger partial charge >= 0.3 is 0 Å². The number of nitrogens with two attached hydrogens (primary N) is 2. The van der Waals surface area contributed by atoms with E-state index in [4.69, 9.17) is 21.6 Å². The molecule has 0 radical (unpaired) electrons. The quantitative estimate of drug-likeness (QED) is 0.430. The number of ether oxygens (including phenoxy) is 1. The molecule has 7 nitrogen and oxygen atoms in total. The summed E-state index contributed by atoms with van der Waals surface area (Å²) in [5.41, 5.74) is 13.2. The number of nitrogens with one attached hydrogen (secondary N) is 2. The highest BCUT2D eigenvalue weighted by molar-refractivity contribution is 5.96. The Bertz CT molecular complexity index is 824. The Morgan fingerprint density at radius 2 is 1.85 bits per heavy atom. The van der Waals surface area contributed by atoms with Crippen LogP contribution in [0.25, 0.3) is 0 Å². The fourth-order valence-corrected chi connectivity index (χ4v) is 2.22. The predicted octanol–water partition coefficient (Wildman–Crippen LogP) is 1.49. The zero-order valence-electron chi connectivity index (χ0n) is 14.2. The van der Waals surface area contributed by atoms with Gasteiger partial charge in [0.2, 0.25) is 0 Å². The number of primary amides is 1. The summed E-state index contributed by atoms with van der Waals surface area (Å²) in [6, 6.07) is 12.1. The van der Waals surface area contributed by atoms with Crippen LogP contribution in [-0.4, -0.2) is 24.3 Å². The van der Waals surface area contributed by atoms with Gasteiger partial charge in [0, 0.05) is 23.2 Å². The highest BCUT2D eigenvalue weighted by Gasteiger charge is 2.11. The van der Waals surface area contributed by atoms with Gasteiger partial charge in [-0.05, 0) is 25.1 Å². The van der Waals surface area contributed by atoms with Crippen molar-refractivity contribution in [1.82, 2.24) is 5.32 Å². The Hall–Kier alpha value is -3.06. The molecule has 0 aliphatic carbocycles. The summed E-state index contributed by atoms with van der Waals surface area (Å²) >= 11 is 0. The van der Waals surface area contributed by atoms with Crippen LogP contribution in [0, 0.1) is 12.3 Å². The lowest BCUT2D eigenvalue weighted by atomic mass is 10.1. The van der Waals surface area contributed by atoms with E-state index in [9.17, 15) is 9.59 Å². The number of hydrogen-bond donors (Lipinski definition) is 4. The molecule has 2 rings (SSSR count). The van der Waals surface area contributed by atoms with Gasteiger partial charge in [-0.15, -0.1) is 12.4 Å². The molecule has 0 saturated heterocycles. The highest BCUT2D eigenvalue weighted by Crippen LogP contribution is 2.21. The molecule has 0 aliphatic rings. The van der Waals surface area contributed by atoms with Crippen molar-refractivity contribution in [3.8, 4) is 5.75 Å². The van der Waals surface area contributed by atoms with Crippen LogP contribution in [0.1, 0.15) is 27.0 Å². The Morgan fingerprint density at radius 1 is 1.12 bits per heavy atom. The van der Waals surface area contributed by atoms with Gasteiger partial charge in [0.1, 0.15) is 11.6 Å². The molecule has 138 valence electrons. The van der Waals surface area contributed by atoms with E-state index < -0.39 is 5.91 Å². The molecule has 0 atom stereocenters. The standard InChI is InChI=1S/C18H20N4O3.ClH/c1-11-3-2-4-13(7-11)18(24)22-9-14-6-5-12(17(20)21)8-15(14)25-10-16(19)23;/h2-8H,9-10H2,1H3,(H2,19,23)(H3,20,21)(H,22,24);1H. The Labute approximate surface area is 157 Å². The SMILES string of the molecule is Cc1cccc(C(=O)NCc2ccc(C(=N)N)cc2OCC(N)=O)c1.Cl. The largest absolute Gasteiger partial charge is 0.483 e. The van der Waals surface area contributed by atoms with E-state index >= 15 is 0 Å². The summed E-state index contributed by atoms with van der Waals surface area (Å²) in [6.45, 7) is 1.80. The molecule has 2 aromatic carbocycles. The first-order chi connectivity index (χ1) is 11.9. The molecule has 2 aromatic rings. The van der Waals surface area contributed by atoms with Gasteiger partial charge in [0.25, 0.3) is 11.8 Å². The maximum Gasteiger partial charge on any atom is 0.255 e. The third-order valence-electron chi connectivity index (χ3n) is 3.47. The van der Waals surface area contributed by atoms with Crippen molar-refractivity contribution < 1.29 is 14.3 Å². The molecule has 0 aliphatic heterocycles. The van der Waals surface area contributed by atoms with Gasteiger partial charge in [0.15, 0.2) is 6.61 Å². The monoisotopic (exact) mass is 376 g/mol. The Kier molecular flexibility index (Phi) is 7.61. The minimum atomic E-state index is -0.622. The number of aryl methyl sites for hydroxylation is 1. The van der Waals surface area contributed by atoms with Crippen LogP contribution in [0.15, 0.2) is 42.5 Å². The van der Waals surface area contributed by atoms with Crippen molar-refractivity contribution in [2.75, 3.05) is 6.61 Å². The van der Waals surface area contributed by atoms with E-state index in [1.807, 2.05) is 19.1 Å². The van der Waals surface area contributed by atoms with Crippen molar-refractivity contribution in [2.24, 2.45) is 11.5 Å². The van der Waals surface area contributed by atoms with Crippen molar-refractivity contribution in [3.05, 3.63) is 64.7 Å². The van der Waals surface area contributed by atoms with Crippen LogP contribution in [0.2, 0.25) is 0 Å². The smallest absolute Gasteiger partial charge is 0.255 e. The summed E-state index contributed by atoms with van der Waals surface area (Å²) in [6.07, 6.45) is 0. The van der Waals surface area contributed by atoms with Gasteiger partial charge in [-0.3, -0.25) is 15.0 Å². The van der Waals surface area contributed by atoms with Crippen molar-refractivity contribution in [3.63, 3.8) is 0 Å². The molecule has 0 bridgehead atoms. The van der Waals surface area contributed by atoms with E-state index in [1.165, 1.54) is 0 Å². The van der Waals surface area contributed by atoms with Crippen LogP contribution in [0.3, 0.4) is 0 Å². The van der Waals surface area contributed by atoms with Crippen molar-refractivity contribution in [2.45, 2.75) is 13.5 Å². The first-order valence-electron chi connectivity index (χ1n) is 7.60. The maximum absolute atomic E-state index is 12.2. The summed E-state index contributed by atoms with van der Waals surface area (Å²) < 4.78 is 5.37. The van der Waals surface area contributed by atoms with E-state index in [-0.39, 0.29) is 37.3 Å². The number of hydrogen-bond acceptors (Lipinski definition) is 4. The minimum Gasteiger partial charge on any atom is -0.483 e. The van der Waals surface area contributed by atoms with Gasteiger partial charge < -0.3 is 21.5 Å².